The van der Waals surface area contributed by atoms with Gasteiger partial charge in [-0.3, -0.25) is 0 Å². The van der Waals surface area contributed by atoms with Gasteiger partial charge < -0.3 is 0 Å². The van der Waals surface area contributed by atoms with E-state index in [1.54, 1.807) is 0 Å². The van der Waals surface area contributed by atoms with Crippen molar-refractivity contribution in [3.8, 4) is 0 Å². The van der Waals surface area contributed by atoms with Crippen molar-refractivity contribution in [2.45, 2.75) is 0 Å². The van der Waals surface area contributed by atoms with Crippen LogP contribution in [0.5, 0.6) is 0 Å². The van der Waals surface area contributed by atoms with Crippen LogP contribution in [0.1, 0.15) is 0 Å². The van der Waals surface area contributed by atoms with Crippen LogP contribution >= 0.6 is 31.9 Å². The summed E-state index contributed by atoms with van der Waals surface area (Å²) in [6.07, 6.45) is 2.04. The van der Waals surface area contributed by atoms with E-state index in [0.29, 0.717) is 0 Å². The third-order valence-corrected chi connectivity index (χ3v) is 4.22. The fourth-order valence-electron chi connectivity index (χ4n) is 2.33. The molecule has 0 radical (unpaired) electrons. The van der Waals surface area contributed by atoms with E-state index in [0.717, 1.165) is 36.7 Å². The molecule has 0 aliphatic heterocycles. The molecule has 4 rings (SSSR count). The van der Waals surface area contributed by atoms with E-state index >= 15 is 0 Å². The van der Waals surface area contributed by atoms with E-state index in [1.807, 2.05) is 30.5 Å². The Morgan fingerprint density at radius 3 is 2.84 bits per heavy atom. The number of benzene rings is 1. The van der Waals surface area contributed by atoms with Gasteiger partial charge >= 0.3 is 5.65 Å². The minimum absolute atomic E-state index is 0.887. The van der Waals surface area contributed by atoms with Crippen molar-refractivity contribution < 1.29 is 4.40 Å². The number of H-pyrrole nitrogens is 1. The van der Waals surface area contributed by atoms with Crippen LogP contribution in [0.25, 0.3) is 27.7 Å². The molecule has 3 heterocycles. The van der Waals surface area contributed by atoms with Crippen LogP contribution in [-0.4, -0.2) is 9.97 Å². The monoisotopic (exact) mass is 376 g/mol. The molecule has 0 aliphatic carbocycles. The standard InChI is InChI=1S/C14H7Br2N3/c15-9-6-10(16)14-18-13-12(19(14)7-9)5-8-3-1-2-4-11(8)17-13/h1-7H/p+1. The summed E-state index contributed by atoms with van der Waals surface area (Å²) in [5.41, 5.74) is 3.95. The molecule has 92 valence electrons. The van der Waals surface area contributed by atoms with Crippen LogP contribution in [0.3, 0.4) is 0 Å². The molecule has 0 atom stereocenters. The van der Waals surface area contributed by atoms with Gasteiger partial charge in [0.1, 0.15) is 10.7 Å². The maximum atomic E-state index is 4.67. The number of fused-ring (bicyclic) bond motifs is 4. The second-order valence-corrected chi connectivity index (χ2v) is 6.17. The summed E-state index contributed by atoms with van der Waals surface area (Å²) in [5, 5.41) is 1.14. The first-order valence-corrected chi connectivity index (χ1v) is 7.39. The Bertz CT molecular complexity index is 944. The predicted octanol–water partition coefficient (Wildman–Crippen LogP) is 3.98. The maximum absolute atomic E-state index is 4.67. The number of halogens is 2. The third kappa shape index (κ3) is 1.69. The van der Waals surface area contributed by atoms with Crippen molar-refractivity contribution in [1.82, 2.24) is 9.97 Å². The number of aromatic nitrogens is 3. The zero-order valence-corrected chi connectivity index (χ0v) is 12.9. The number of aromatic amines is 1. The van der Waals surface area contributed by atoms with E-state index in [9.17, 15) is 0 Å². The lowest BCUT2D eigenvalue weighted by Crippen LogP contribution is -2.19. The molecule has 1 aromatic carbocycles. The Hall–Kier alpha value is -1.46. The van der Waals surface area contributed by atoms with Crippen LogP contribution in [0.15, 0.2) is 51.5 Å². The van der Waals surface area contributed by atoms with E-state index in [4.69, 9.17) is 0 Å². The second kappa shape index (κ2) is 4.02. The first-order chi connectivity index (χ1) is 9.22. The van der Waals surface area contributed by atoms with Crippen LogP contribution in [0.4, 0.5) is 0 Å². The molecule has 3 aromatic heterocycles. The lowest BCUT2D eigenvalue weighted by atomic mass is 10.2. The molecular weight excluding hydrogens is 370 g/mol. The van der Waals surface area contributed by atoms with Gasteiger partial charge in [0.2, 0.25) is 0 Å². The topological polar surface area (TPSA) is 32.8 Å². The van der Waals surface area contributed by atoms with Gasteiger partial charge in [0.25, 0.3) is 5.65 Å². The van der Waals surface area contributed by atoms with Crippen molar-refractivity contribution in [3.05, 3.63) is 51.5 Å². The molecule has 0 amide bonds. The van der Waals surface area contributed by atoms with Gasteiger partial charge in [-0.1, -0.05) is 18.2 Å². The number of imidazole rings is 1. The summed E-state index contributed by atoms with van der Waals surface area (Å²) in [4.78, 5) is 8.02. The number of hydrogen-bond acceptors (Lipinski definition) is 1. The predicted molar refractivity (Wildman–Crippen MR) is 82.2 cm³/mol. The Balaban J connectivity index is 2.26. The summed E-state index contributed by atoms with van der Waals surface area (Å²) < 4.78 is 4.12. The van der Waals surface area contributed by atoms with E-state index in [-0.39, 0.29) is 0 Å². The first kappa shape index (κ1) is 11.4. The molecule has 0 bridgehead atoms. The zero-order valence-electron chi connectivity index (χ0n) is 9.69. The van der Waals surface area contributed by atoms with Gasteiger partial charge in [0.05, 0.1) is 9.99 Å². The third-order valence-electron chi connectivity index (χ3n) is 3.18. The average molecular weight is 378 g/mol. The number of para-hydroxylation sites is 1. The normalized spacial score (nSPS) is 11.7. The van der Waals surface area contributed by atoms with Crippen LogP contribution in [0, 0.1) is 0 Å². The molecule has 0 fully saturated rings. The van der Waals surface area contributed by atoms with E-state index in [2.05, 4.69) is 58.4 Å². The number of pyridine rings is 2. The molecule has 3 nitrogen and oxygen atoms in total. The number of nitrogens with one attached hydrogen (secondary N) is 1. The van der Waals surface area contributed by atoms with Gasteiger partial charge in [-0.2, -0.15) is 4.40 Å². The summed E-state index contributed by atoms with van der Waals surface area (Å²) in [7, 11) is 0. The summed E-state index contributed by atoms with van der Waals surface area (Å²) >= 11 is 7.09. The Kier molecular flexibility index (Phi) is 2.40. The average Bonchev–Trinajstić information content (AvgIpc) is 2.74. The molecule has 0 spiro atoms. The fraction of sp³-hybridized carbons (Fsp3) is 0. The molecular formula is C14H8Br2N3+. The fourth-order valence-corrected chi connectivity index (χ4v) is 3.61. The summed E-state index contributed by atoms with van der Waals surface area (Å²) in [5.74, 6) is 0. The van der Waals surface area contributed by atoms with Crippen molar-refractivity contribution in [2.75, 3.05) is 0 Å². The molecule has 0 saturated carbocycles. The first-order valence-electron chi connectivity index (χ1n) is 5.80. The van der Waals surface area contributed by atoms with Crippen molar-refractivity contribution in [1.29, 1.82) is 0 Å². The molecule has 19 heavy (non-hydrogen) atoms. The quantitative estimate of drug-likeness (QED) is 0.462. The summed E-state index contributed by atoms with van der Waals surface area (Å²) in [6.45, 7) is 0. The minimum atomic E-state index is 0.887. The van der Waals surface area contributed by atoms with Crippen molar-refractivity contribution in [3.63, 3.8) is 0 Å². The van der Waals surface area contributed by atoms with Crippen molar-refractivity contribution in [2.24, 2.45) is 0 Å². The van der Waals surface area contributed by atoms with Gasteiger partial charge in [0.15, 0.2) is 5.52 Å². The highest BCUT2D eigenvalue weighted by Crippen LogP contribution is 2.23. The largest absolute Gasteiger partial charge is 0.300 e. The number of nitrogens with zero attached hydrogens (tertiary/aromatic N) is 2. The highest BCUT2D eigenvalue weighted by atomic mass is 79.9. The lowest BCUT2D eigenvalue weighted by Gasteiger charge is -1.94. The van der Waals surface area contributed by atoms with E-state index in [1.165, 1.54) is 0 Å². The Morgan fingerprint density at radius 1 is 1.11 bits per heavy atom. The van der Waals surface area contributed by atoms with Gasteiger partial charge in [-0.15, -0.1) is 0 Å². The minimum Gasteiger partial charge on any atom is -0.219 e. The van der Waals surface area contributed by atoms with E-state index < -0.39 is 0 Å². The highest BCUT2D eigenvalue weighted by molar-refractivity contribution is 9.11. The Morgan fingerprint density at radius 2 is 1.95 bits per heavy atom. The van der Waals surface area contributed by atoms with Gasteiger partial charge in [-0.05, 0) is 44.0 Å². The second-order valence-electron chi connectivity index (χ2n) is 4.40. The molecule has 4 aromatic rings. The molecule has 1 N–H and O–H groups in total. The molecule has 0 aliphatic rings. The van der Waals surface area contributed by atoms with Crippen LogP contribution in [-0.2, 0) is 0 Å². The van der Waals surface area contributed by atoms with Crippen LogP contribution in [0.2, 0.25) is 0 Å². The SMILES string of the molecule is Brc1cc(Br)c2[nH]c3nc4ccccc4cc3[n+]2c1. The van der Waals surface area contributed by atoms with Crippen LogP contribution < -0.4 is 4.40 Å². The smallest absolute Gasteiger partial charge is 0.219 e. The molecule has 5 heteroatoms. The number of rotatable bonds is 0. The maximum Gasteiger partial charge on any atom is 0.300 e. The molecule has 0 unspecified atom stereocenters. The van der Waals surface area contributed by atoms with Crippen molar-refractivity contribution >= 4 is 59.6 Å². The lowest BCUT2D eigenvalue weighted by molar-refractivity contribution is -0.482. The van der Waals surface area contributed by atoms with Gasteiger partial charge in [-0.25, -0.2) is 9.97 Å². The molecule has 0 saturated heterocycles. The summed E-state index contributed by atoms with van der Waals surface area (Å²) in [6, 6.07) is 12.3. The Labute approximate surface area is 125 Å². The zero-order chi connectivity index (χ0) is 13.0. The number of hydrogen-bond donors (Lipinski definition) is 1. The highest BCUT2D eigenvalue weighted by Gasteiger charge is 2.17. The van der Waals surface area contributed by atoms with Gasteiger partial charge in [0, 0.05) is 11.5 Å².